The summed E-state index contributed by atoms with van der Waals surface area (Å²) in [6.45, 7) is 0. The predicted octanol–water partition coefficient (Wildman–Crippen LogP) is -0.148. The third-order valence-electron chi connectivity index (χ3n) is 0.384. The van der Waals surface area contributed by atoms with Crippen LogP contribution in [-0.2, 0) is 0 Å². The van der Waals surface area contributed by atoms with Gasteiger partial charge >= 0.3 is 5.82 Å². The van der Waals surface area contributed by atoms with Crippen molar-refractivity contribution in [2.75, 3.05) is 0 Å². The topological polar surface area (TPSA) is 43.4 Å². The van der Waals surface area contributed by atoms with Crippen LogP contribution in [0.1, 0.15) is 0 Å². The van der Waals surface area contributed by atoms with Gasteiger partial charge in [0.25, 0.3) is 0 Å². The maximum absolute atomic E-state index is 9.74. The molecule has 0 N–H and O–H groups in total. The van der Waals surface area contributed by atoms with Gasteiger partial charge in [-0.15, -0.1) is 0 Å². The number of hydrogen-bond donors (Lipinski definition) is 0. The molecule has 0 spiro atoms. The fourth-order valence-corrected chi connectivity index (χ4v) is 0.194. The average Bonchev–Trinajstić information content (AvgIpc) is 1.86. The van der Waals surface area contributed by atoms with E-state index in [0.717, 1.165) is 0 Å². The van der Waals surface area contributed by atoms with E-state index in [1.54, 1.807) is 0 Å². The predicted molar refractivity (Wildman–Crippen MR) is 23.0 cm³/mol. The Morgan fingerprint density at radius 2 is 1.71 bits per heavy atom. The van der Waals surface area contributed by atoms with Crippen LogP contribution in [0.25, 0.3) is 0 Å². The largest absolute Gasteiger partial charge is 0.518 e. The van der Waals surface area contributed by atoms with Gasteiger partial charge in [0.15, 0.2) is 0 Å². The van der Waals surface area contributed by atoms with Crippen LogP contribution in [0.3, 0.4) is 0 Å². The zero-order chi connectivity index (χ0) is 4.41. The molecule has 1 heterocycles. The van der Waals surface area contributed by atoms with Crippen LogP contribution >= 0.6 is 0 Å². The quantitative estimate of drug-likeness (QED) is 0.419. The molecular formula is C3H2LiO3. The summed E-state index contributed by atoms with van der Waals surface area (Å²) >= 11 is 0. The summed E-state index contributed by atoms with van der Waals surface area (Å²) < 4.78 is 8.22. The van der Waals surface area contributed by atoms with Crippen molar-refractivity contribution < 1.29 is 8.83 Å². The zero-order valence-corrected chi connectivity index (χ0v) is 3.88. The van der Waals surface area contributed by atoms with Gasteiger partial charge in [-0.1, -0.05) is 0 Å². The molecule has 33 valence electrons. The van der Waals surface area contributed by atoms with E-state index in [1.807, 2.05) is 0 Å². The second-order valence-corrected chi connectivity index (χ2v) is 0.758. The molecular weight excluding hydrogens is 91.0 g/mol. The Kier molecular flexibility index (Phi) is 2.57. The molecule has 7 heavy (non-hydrogen) atoms. The molecule has 1 radical (unpaired) electrons. The van der Waals surface area contributed by atoms with Gasteiger partial charge in [0.05, 0.1) is 0 Å². The van der Waals surface area contributed by atoms with Crippen molar-refractivity contribution in [3.63, 3.8) is 0 Å². The summed E-state index contributed by atoms with van der Waals surface area (Å²) in [5, 5.41) is 0. The van der Waals surface area contributed by atoms with E-state index in [-0.39, 0.29) is 18.9 Å². The molecule has 0 fully saturated rings. The van der Waals surface area contributed by atoms with E-state index in [0.29, 0.717) is 0 Å². The Hall–Kier alpha value is -0.393. The van der Waals surface area contributed by atoms with Crippen LogP contribution in [-0.4, -0.2) is 18.9 Å². The monoisotopic (exact) mass is 93.0 g/mol. The first-order valence-electron chi connectivity index (χ1n) is 1.42. The van der Waals surface area contributed by atoms with Crippen molar-refractivity contribution >= 4 is 18.9 Å². The van der Waals surface area contributed by atoms with Crippen molar-refractivity contribution in [1.29, 1.82) is 0 Å². The summed E-state index contributed by atoms with van der Waals surface area (Å²) in [5.74, 6) is -0.657. The van der Waals surface area contributed by atoms with Gasteiger partial charge in [-0.2, -0.15) is 0 Å². The molecule has 4 heteroatoms. The Morgan fingerprint density at radius 3 is 1.86 bits per heavy atom. The molecule has 0 bridgehead atoms. The van der Waals surface area contributed by atoms with E-state index in [4.69, 9.17) is 0 Å². The van der Waals surface area contributed by atoms with Crippen LogP contribution < -0.4 is 5.82 Å². The Bertz CT molecular complexity index is 148. The van der Waals surface area contributed by atoms with Gasteiger partial charge in [0.1, 0.15) is 12.5 Å². The summed E-state index contributed by atoms with van der Waals surface area (Å²) in [7, 11) is 0. The van der Waals surface area contributed by atoms with Gasteiger partial charge in [-0.25, -0.2) is 4.79 Å². The minimum Gasteiger partial charge on any atom is -0.399 e. The van der Waals surface area contributed by atoms with Crippen LogP contribution in [0.2, 0.25) is 0 Å². The first kappa shape index (κ1) is 6.61. The average molecular weight is 93.0 g/mol. The van der Waals surface area contributed by atoms with Gasteiger partial charge in [-0.3, -0.25) is 0 Å². The van der Waals surface area contributed by atoms with Gasteiger partial charge in [0, 0.05) is 18.9 Å². The zero-order valence-electron chi connectivity index (χ0n) is 3.88. The summed E-state index contributed by atoms with van der Waals surface area (Å²) in [4.78, 5) is 9.74. The third-order valence-corrected chi connectivity index (χ3v) is 0.384. The van der Waals surface area contributed by atoms with Crippen molar-refractivity contribution in [1.82, 2.24) is 0 Å². The molecule has 1 aromatic rings. The van der Waals surface area contributed by atoms with Crippen LogP contribution in [0.5, 0.6) is 0 Å². The summed E-state index contributed by atoms with van der Waals surface area (Å²) in [5.41, 5.74) is 0. The molecule has 1 aromatic heterocycles. The van der Waals surface area contributed by atoms with Crippen molar-refractivity contribution in [2.45, 2.75) is 0 Å². The normalized spacial score (nSPS) is 7.43. The maximum atomic E-state index is 9.74. The molecule has 0 saturated carbocycles. The standard InChI is InChI=1S/C3H2O3.Li/c4-3-5-1-2-6-3;/h1-2H;. The maximum Gasteiger partial charge on any atom is 0.518 e. The second-order valence-electron chi connectivity index (χ2n) is 0.758. The Balaban J connectivity index is 0.000000360. The van der Waals surface area contributed by atoms with E-state index >= 15 is 0 Å². The summed E-state index contributed by atoms with van der Waals surface area (Å²) in [6, 6.07) is 0. The third kappa shape index (κ3) is 1.67. The smallest absolute Gasteiger partial charge is 0.399 e. The molecule has 0 unspecified atom stereocenters. The fraction of sp³-hybridized carbons (Fsp3) is 0. The minimum absolute atomic E-state index is 0. The molecule has 0 aliphatic carbocycles. The first-order chi connectivity index (χ1) is 2.89. The van der Waals surface area contributed by atoms with Crippen LogP contribution in [0.4, 0.5) is 0 Å². The molecule has 1 rings (SSSR count). The Labute approximate surface area is 51.5 Å². The summed E-state index contributed by atoms with van der Waals surface area (Å²) in [6.07, 6.45) is 2.37. The van der Waals surface area contributed by atoms with E-state index in [1.165, 1.54) is 12.5 Å². The molecule has 0 amide bonds. The molecule has 0 aromatic carbocycles. The minimum atomic E-state index is -0.657. The van der Waals surface area contributed by atoms with Crippen LogP contribution in [0, 0.1) is 0 Å². The molecule has 0 aliphatic rings. The molecule has 0 saturated heterocycles. The first-order valence-corrected chi connectivity index (χ1v) is 1.42. The SMILES string of the molecule is O=c1occo1.[Li]. The molecule has 3 nitrogen and oxygen atoms in total. The Morgan fingerprint density at radius 1 is 1.29 bits per heavy atom. The number of rotatable bonds is 0. The molecule has 0 atom stereocenters. The van der Waals surface area contributed by atoms with E-state index < -0.39 is 5.82 Å². The van der Waals surface area contributed by atoms with Gasteiger partial charge in [0.2, 0.25) is 0 Å². The van der Waals surface area contributed by atoms with Crippen molar-refractivity contribution in [2.24, 2.45) is 0 Å². The number of hydrogen-bond acceptors (Lipinski definition) is 3. The van der Waals surface area contributed by atoms with Gasteiger partial charge in [-0.05, 0) is 0 Å². The van der Waals surface area contributed by atoms with Gasteiger partial charge < -0.3 is 8.83 Å². The van der Waals surface area contributed by atoms with Crippen molar-refractivity contribution in [3.05, 3.63) is 23.1 Å². The van der Waals surface area contributed by atoms with E-state index in [9.17, 15) is 4.79 Å². The van der Waals surface area contributed by atoms with Crippen LogP contribution in [0.15, 0.2) is 26.2 Å². The second kappa shape index (κ2) is 2.73. The van der Waals surface area contributed by atoms with Crippen molar-refractivity contribution in [3.8, 4) is 0 Å². The van der Waals surface area contributed by atoms with E-state index in [2.05, 4.69) is 8.83 Å². The fourth-order valence-electron chi connectivity index (χ4n) is 0.194. The molecule has 0 aliphatic heterocycles.